The third-order valence-corrected chi connectivity index (χ3v) is 7.56. The Morgan fingerprint density at radius 1 is 0.950 bits per heavy atom. The van der Waals surface area contributed by atoms with Crippen LogP contribution in [0.3, 0.4) is 0 Å². The summed E-state index contributed by atoms with van der Waals surface area (Å²) in [7, 11) is 0. The highest BCUT2D eigenvalue weighted by molar-refractivity contribution is 5.90. The van der Waals surface area contributed by atoms with Crippen LogP contribution in [0.25, 0.3) is 11.1 Å². The first-order chi connectivity index (χ1) is 19.3. The number of nitrogens with one attached hydrogen (secondary N) is 1. The van der Waals surface area contributed by atoms with Gasteiger partial charge in [-0.3, -0.25) is 4.79 Å². The molecule has 4 atom stereocenters. The Morgan fingerprint density at radius 3 is 2.17 bits per heavy atom. The zero-order valence-corrected chi connectivity index (χ0v) is 22.1. The molecule has 1 heterocycles. The van der Waals surface area contributed by atoms with Crippen molar-refractivity contribution >= 4 is 18.0 Å². The van der Waals surface area contributed by atoms with E-state index in [0.717, 1.165) is 32.7 Å². The molecule has 1 aliphatic carbocycles. The minimum atomic E-state index is -1.23. The summed E-state index contributed by atoms with van der Waals surface area (Å²) in [4.78, 5) is 39.5. The largest absolute Gasteiger partial charge is 0.480 e. The van der Waals surface area contributed by atoms with Crippen LogP contribution in [-0.4, -0.2) is 70.5 Å². The molecule has 2 unspecified atom stereocenters. The molecule has 0 spiro atoms. The molecule has 2 aliphatic rings. The van der Waals surface area contributed by atoms with E-state index in [9.17, 15) is 24.6 Å². The first-order valence-electron chi connectivity index (χ1n) is 13.3. The lowest BCUT2D eigenvalue weighted by Crippen LogP contribution is -2.56. The van der Waals surface area contributed by atoms with E-state index in [0.29, 0.717) is 0 Å². The summed E-state index contributed by atoms with van der Waals surface area (Å²) in [6.07, 6.45) is -2.69. The molecule has 3 N–H and O–H groups in total. The zero-order chi connectivity index (χ0) is 28.2. The Hall–Kier alpha value is -4.21. The standard InChI is InChI=1S/C31H32N2O7/c1-19(39-17-20-9-3-2-4-10-20)28(29(35)33-16-21(34)15-27(33)30(36)37)32-31(38)40-18-26-24-13-7-5-11-22(24)23-12-6-8-14-25(23)26/h2-14,19,21,26-28,34H,15-18H2,1H3,(H,32,38)(H,36,37)/t19?,21-,27-,28?/m1/s1. The number of hydrogen-bond donors (Lipinski definition) is 3. The average Bonchev–Trinajstić information content (AvgIpc) is 3.52. The summed E-state index contributed by atoms with van der Waals surface area (Å²) in [5.74, 6) is -2.04. The van der Waals surface area contributed by atoms with Crippen molar-refractivity contribution in [1.82, 2.24) is 10.2 Å². The van der Waals surface area contributed by atoms with Crippen LogP contribution in [0.4, 0.5) is 4.79 Å². The minimum absolute atomic E-state index is 0.0558. The van der Waals surface area contributed by atoms with Gasteiger partial charge in [-0.05, 0) is 34.7 Å². The SMILES string of the molecule is CC(OCc1ccccc1)C(NC(=O)OCC1c2ccccc2-c2ccccc21)C(=O)N1C[C@H](O)C[C@@H]1C(=O)O. The predicted octanol–water partition coefficient (Wildman–Crippen LogP) is 3.55. The van der Waals surface area contributed by atoms with E-state index in [2.05, 4.69) is 5.32 Å². The number of carbonyl (C=O) groups is 3. The first kappa shape index (κ1) is 27.4. The number of carboxylic acid groups (broad SMARTS) is 1. The molecular weight excluding hydrogens is 512 g/mol. The van der Waals surface area contributed by atoms with Crippen molar-refractivity contribution in [2.75, 3.05) is 13.2 Å². The predicted molar refractivity (Wildman–Crippen MR) is 146 cm³/mol. The molecule has 3 aromatic carbocycles. The van der Waals surface area contributed by atoms with Gasteiger partial charge in [-0.15, -0.1) is 0 Å². The van der Waals surface area contributed by atoms with Crippen molar-refractivity contribution in [1.29, 1.82) is 0 Å². The van der Waals surface area contributed by atoms with Crippen molar-refractivity contribution in [3.8, 4) is 11.1 Å². The van der Waals surface area contributed by atoms with E-state index in [1.807, 2.05) is 78.9 Å². The Labute approximate surface area is 232 Å². The number of β-amino-alcohol motifs (C(OH)–C–C–N with tert-alkyl or cyclic N) is 1. The van der Waals surface area contributed by atoms with Crippen LogP contribution in [0.2, 0.25) is 0 Å². The van der Waals surface area contributed by atoms with Crippen LogP contribution in [0, 0.1) is 0 Å². The molecule has 0 aromatic heterocycles. The molecule has 3 aromatic rings. The Balaban J connectivity index is 1.31. The number of fused-ring (bicyclic) bond motifs is 3. The third-order valence-electron chi connectivity index (χ3n) is 7.56. The number of ether oxygens (including phenoxy) is 2. The number of aliphatic carboxylic acids is 1. The molecule has 40 heavy (non-hydrogen) atoms. The summed E-state index contributed by atoms with van der Waals surface area (Å²) >= 11 is 0. The number of carbonyl (C=O) groups excluding carboxylic acids is 2. The molecule has 1 aliphatic heterocycles. The van der Waals surface area contributed by atoms with Crippen LogP contribution < -0.4 is 5.32 Å². The number of hydrogen-bond acceptors (Lipinski definition) is 6. The molecular formula is C31H32N2O7. The molecule has 9 heteroatoms. The van der Waals surface area contributed by atoms with Gasteiger partial charge in [0, 0.05) is 18.9 Å². The van der Waals surface area contributed by atoms with E-state index in [4.69, 9.17) is 9.47 Å². The van der Waals surface area contributed by atoms with Crippen molar-refractivity contribution in [2.24, 2.45) is 0 Å². The number of aliphatic hydroxyl groups is 1. The van der Waals surface area contributed by atoms with Crippen LogP contribution in [0.15, 0.2) is 78.9 Å². The number of likely N-dealkylation sites (tertiary alicyclic amines) is 1. The summed E-state index contributed by atoms with van der Waals surface area (Å²) in [6, 6.07) is 22.9. The van der Waals surface area contributed by atoms with Gasteiger partial charge >= 0.3 is 12.1 Å². The van der Waals surface area contributed by atoms with Gasteiger partial charge in [0.15, 0.2) is 0 Å². The van der Waals surface area contributed by atoms with Crippen LogP contribution >= 0.6 is 0 Å². The Kier molecular flexibility index (Phi) is 8.14. The summed E-state index contributed by atoms with van der Waals surface area (Å²) < 4.78 is 11.6. The fraction of sp³-hybridized carbons (Fsp3) is 0.323. The van der Waals surface area contributed by atoms with Crippen molar-refractivity contribution in [3.05, 3.63) is 95.6 Å². The quantitative estimate of drug-likeness (QED) is 0.376. The van der Waals surface area contributed by atoms with Crippen molar-refractivity contribution in [2.45, 2.75) is 50.2 Å². The van der Waals surface area contributed by atoms with Crippen LogP contribution in [-0.2, 0) is 25.7 Å². The van der Waals surface area contributed by atoms with E-state index >= 15 is 0 Å². The molecule has 9 nitrogen and oxygen atoms in total. The second-order valence-corrected chi connectivity index (χ2v) is 10.2. The van der Waals surface area contributed by atoms with Gasteiger partial charge in [-0.25, -0.2) is 9.59 Å². The number of carboxylic acids is 1. The number of amides is 2. The topological polar surface area (TPSA) is 125 Å². The highest BCUT2D eigenvalue weighted by Gasteiger charge is 2.43. The van der Waals surface area contributed by atoms with Gasteiger partial charge in [0.05, 0.1) is 18.8 Å². The fourth-order valence-electron chi connectivity index (χ4n) is 5.52. The molecule has 1 saturated heterocycles. The summed E-state index contributed by atoms with van der Waals surface area (Å²) in [5, 5.41) is 22.3. The maximum Gasteiger partial charge on any atom is 0.407 e. The number of nitrogens with zero attached hydrogens (tertiary/aromatic N) is 1. The molecule has 0 bridgehead atoms. The average molecular weight is 545 g/mol. The smallest absolute Gasteiger partial charge is 0.407 e. The van der Waals surface area contributed by atoms with Gasteiger partial charge in [0.2, 0.25) is 5.91 Å². The van der Waals surface area contributed by atoms with Crippen LogP contribution in [0.5, 0.6) is 0 Å². The Bertz CT molecular complexity index is 1330. The lowest BCUT2D eigenvalue weighted by Gasteiger charge is -2.30. The van der Waals surface area contributed by atoms with Gasteiger partial charge in [0.25, 0.3) is 0 Å². The number of alkyl carbamates (subject to hydrolysis) is 1. The molecule has 2 amide bonds. The maximum absolute atomic E-state index is 13.6. The first-order valence-corrected chi connectivity index (χ1v) is 13.3. The normalized spacial score (nSPS) is 19.4. The van der Waals surface area contributed by atoms with Gasteiger partial charge in [-0.2, -0.15) is 0 Å². The highest BCUT2D eigenvalue weighted by Crippen LogP contribution is 2.44. The van der Waals surface area contributed by atoms with Gasteiger partial charge < -0.3 is 29.9 Å². The molecule has 0 radical (unpaired) electrons. The number of aliphatic hydroxyl groups excluding tert-OH is 1. The van der Waals surface area contributed by atoms with Gasteiger partial charge in [0.1, 0.15) is 18.7 Å². The molecule has 208 valence electrons. The van der Waals surface area contributed by atoms with E-state index in [1.54, 1.807) is 6.92 Å². The van der Waals surface area contributed by atoms with E-state index < -0.39 is 42.3 Å². The molecule has 1 fully saturated rings. The number of benzene rings is 3. The molecule has 0 saturated carbocycles. The second kappa shape index (κ2) is 11.9. The molecule has 5 rings (SSSR count). The monoisotopic (exact) mass is 544 g/mol. The fourth-order valence-corrected chi connectivity index (χ4v) is 5.52. The maximum atomic E-state index is 13.6. The van der Waals surface area contributed by atoms with Crippen molar-refractivity contribution in [3.63, 3.8) is 0 Å². The minimum Gasteiger partial charge on any atom is -0.480 e. The summed E-state index contributed by atoms with van der Waals surface area (Å²) in [6.45, 7) is 1.73. The highest BCUT2D eigenvalue weighted by atomic mass is 16.5. The van der Waals surface area contributed by atoms with Crippen LogP contribution in [0.1, 0.15) is 36.0 Å². The lowest BCUT2D eigenvalue weighted by molar-refractivity contribution is -0.150. The second-order valence-electron chi connectivity index (χ2n) is 10.2. The van der Waals surface area contributed by atoms with Gasteiger partial charge in [-0.1, -0.05) is 78.9 Å². The lowest BCUT2D eigenvalue weighted by atomic mass is 9.98. The third kappa shape index (κ3) is 5.71. The Morgan fingerprint density at radius 2 is 1.55 bits per heavy atom. The van der Waals surface area contributed by atoms with E-state index in [-0.39, 0.29) is 32.1 Å². The summed E-state index contributed by atoms with van der Waals surface area (Å²) in [5.41, 5.74) is 5.17. The van der Waals surface area contributed by atoms with E-state index in [1.165, 1.54) is 0 Å². The zero-order valence-electron chi connectivity index (χ0n) is 22.1. The van der Waals surface area contributed by atoms with Crippen molar-refractivity contribution < 1.29 is 34.1 Å². The number of rotatable bonds is 9.